The molecule has 0 radical (unpaired) electrons. The zero-order valence-corrected chi connectivity index (χ0v) is 13.4. The molecule has 1 amide bonds. The van der Waals surface area contributed by atoms with Crippen molar-refractivity contribution in [2.75, 3.05) is 40.4 Å². The van der Waals surface area contributed by atoms with Gasteiger partial charge in [-0.3, -0.25) is 9.69 Å². The summed E-state index contributed by atoms with van der Waals surface area (Å²) in [5, 5.41) is 0. The number of likely N-dealkylation sites (tertiary alicyclic amines) is 1. The summed E-state index contributed by atoms with van der Waals surface area (Å²) in [6, 6.07) is 6.59. The summed E-state index contributed by atoms with van der Waals surface area (Å²) in [6.07, 6.45) is 3.08. The van der Waals surface area contributed by atoms with Crippen LogP contribution in [0.5, 0.6) is 0 Å². The predicted octanol–water partition coefficient (Wildman–Crippen LogP) is 2.46. The first-order valence-corrected chi connectivity index (χ1v) is 7.84. The van der Waals surface area contributed by atoms with Crippen LogP contribution in [0.25, 0.3) is 0 Å². The Bertz CT molecular complexity index is 478. The lowest BCUT2D eigenvalue weighted by atomic mass is 9.95. The van der Waals surface area contributed by atoms with Crippen LogP contribution in [-0.2, 0) is 9.53 Å². The Hall–Kier alpha value is -1.46. The fourth-order valence-electron chi connectivity index (χ4n) is 2.91. The molecule has 5 heteroatoms. The maximum Gasteiger partial charge on any atom is 0.237 e. The lowest BCUT2D eigenvalue weighted by molar-refractivity contribution is -0.136. The van der Waals surface area contributed by atoms with E-state index in [-0.39, 0.29) is 17.8 Å². The molecule has 122 valence electrons. The van der Waals surface area contributed by atoms with Crippen LogP contribution in [0.2, 0.25) is 0 Å². The van der Waals surface area contributed by atoms with Gasteiger partial charge in [0.15, 0.2) is 0 Å². The molecule has 0 spiro atoms. The quantitative estimate of drug-likeness (QED) is 0.809. The summed E-state index contributed by atoms with van der Waals surface area (Å²) in [5.41, 5.74) is 1.02. The summed E-state index contributed by atoms with van der Waals surface area (Å²) in [6.45, 7) is 2.52. The third kappa shape index (κ3) is 4.52. The van der Waals surface area contributed by atoms with Crippen molar-refractivity contribution < 1.29 is 13.9 Å². The molecular formula is C17H25FN2O2. The Morgan fingerprint density at radius 2 is 2.09 bits per heavy atom. The summed E-state index contributed by atoms with van der Waals surface area (Å²) >= 11 is 0. The fourth-order valence-corrected chi connectivity index (χ4v) is 2.91. The number of benzene rings is 1. The maximum atomic E-state index is 13.1. The Morgan fingerprint density at radius 3 is 2.77 bits per heavy atom. The smallest absolute Gasteiger partial charge is 0.237 e. The van der Waals surface area contributed by atoms with Gasteiger partial charge in [0.1, 0.15) is 5.82 Å². The third-order valence-corrected chi connectivity index (χ3v) is 4.16. The van der Waals surface area contributed by atoms with Gasteiger partial charge in [-0.25, -0.2) is 4.39 Å². The van der Waals surface area contributed by atoms with Gasteiger partial charge in [0.2, 0.25) is 5.91 Å². The molecular weight excluding hydrogens is 283 g/mol. The first-order chi connectivity index (χ1) is 10.6. The molecule has 1 atom stereocenters. The number of carbonyl (C=O) groups excluding carboxylic acids is 1. The highest BCUT2D eigenvalue weighted by Crippen LogP contribution is 2.31. The van der Waals surface area contributed by atoms with Gasteiger partial charge in [0.25, 0.3) is 0 Å². The van der Waals surface area contributed by atoms with E-state index in [1.54, 1.807) is 19.2 Å². The average Bonchev–Trinajstić information content (AvgIpc) is 2.53. The first kappa shape index (κ1) is 16.9. The van der Waals surface area contributed by atoms with Crippen molar-refractivity contribution >= 4 is 5.91 Å². The van der Waals surface area contributed by atoms with E-state index >= 15 is 0 Å². The molecule has 1 saturated heterocycles. The molecule has 0 unspecified atom stereocenters. The molecule has 0 N–H and O–H groups in total. The zero-order valence-electron chi connectivity index (χ0n) is 13.4. The van der Waals surface area contributed by atoms with Crippen LogP contribution in [0.1, 0.15) is 30.9 Å². The zero-order chi connectivity index (χ0) is 15.9. The Morgan fingerprint density at radius 1 is 1.36 bits per heavy atom. The molecule has 0 bridgehead atoms. The van der Waals surface area contributed by atoms with Crippen molar-refractivity contribution in [2.24, 2.45) is 0 Å². The van der Waals surface area contributed by atoms with Gasteiger partial charge in [-0.05, 0) is 44.0 Å². The molecule has 22 heavy (non-hydrogen) atoms. The van der Waals surface area contributed by atoms with E-state index in [1.807, 2.05) is 16.8 Å². The summed E-state index contributed by atoms with van der Waals surface area (Å²) in [5.74, 6) is -0.107. The highest BCUT2D eigenvalue weighted by atomic mass is 19.1. The number of ether oxygens (including phenoxy) is 1. The van der Waals surface area contributed by atoms with Crippen LogP contribution in [0.15, 0.2) is 24.3 Å². The molecule has 0 aliphatic carbocycles. The first-order valence-electron chi connectivity index (χ1n) is 7.84. The van der Waals surface area contributed by atoms with E-state index in [1.165, 1.54) is 12.1 Å². The molecule has 1 aromatic rings. The maximum absolute atomic E-state index is 13.1. The Kier molecular flexibility index (Phi) is 6.34. The minimum absolute atomic E-state index is 0.0673. The number of hydrogen-bond acceptors (Lipinski definition) is 3. The van der Waals surface area contributed by atoms with Crippen molar-refractivity contribution in [2.45, 2.75) is 25.3 Å². The number of halogens is 1. The van der Waals surface area contributed by atoms with E-state index in [2.05, 4.69) is 0 Å². The van der Waals surface area contributed by atoms with Crippen LogP contribution in [-0.4, -0.2) is 56.1 Å². The number of hydrogen-bond donors (Lipinski definition) is 0. The van der Waals surface area contributed by atoms with Crippen LogP contribution in [0.3, 0.4) is 0 Å². The highest BCUT2D eigenvalue weighted by Gasteiger charge is 2.28. The predicted molar refractivity (Wildman–Crippen MR) is 84.1 cm³/mol. The van der Waals surface area contributed by atoms with Crippen molar-refractivity contribution in [3.05, 3.63) is 35.6 Å². The fraction of sp³-hybridized carbons (Fsp3) is 0.588. The Labute approximate surface area is 131 Å². The molecule has 1 fully saturated rings. The van der Waals surface area contributed by atoms with Crippen molar-refractivity contribution in [3.63, 3.8) is 0 Å². The number of rotatable bonds is 6. The minimum Gasteiger partial charge on any atom is -0.383 e. The molecule has 1 aliphatic rings. The van der Waals surface area contributed by atoms with E-state index in [4.69, 9.17) is 4.74 Å². The molecule has 0 saturated carbocycles. The average molecular weight is 308 g/mol. The second-order valence-electron chi connectivity index (χ2n) is 5.88. The molecule has 0 aromatic heterocycles. The van der Waals surface area contributed by atoms with Gasteiger partial charge in [0, 0.05) is 20.2 Å². The number of piperidine rings is 1. The molecule has 1 aliphatic heterocycles. The number of amides is 1. The summed E-state index contributed by atoms with van der Waals surface area (Å²) in [7, 11) is 3.58. The summed E-state index contributed by atoms with van der Waals surface area (Å²) in [4.78, 5) is 16.5. The second-order valence-corrected chi connectivity index (χ2v) is 5.88. The molecule has 1 heterocycles. The number of methoxy groups -OCH3 is 1. The van der Waals surface area contributed by atoms with E-state index in [0.717, 1.165) is 37.9 Å². The van der Waals surface area contributed by atoms with E-state index in [0.29, 0.717) is 13.2 Å². The number of carbonyl (C=O) groups is 1. The van der Waals surface area contributed by atoms with Gasteiger partial charge >= 0.3 is 0 Å². The number of likely N-dealkylation sites (N-methyl/N-ethyl adjacent to an activating group) is 1. The van der Waals surface area contributed by atoms with Crippen LogP contribution < -0.4 is 0 Å². The van der Waals surface area contributed by atoms with Gasteiger partial charge in [-0.1, -0.05) is 12.1 Å². The van der Waals surface area contributed by atoms with Crippen LogP contribution >= 0.6 is 0 Å². The number of nitrogens with zero attached hydrogens (tertiary/aromatic N) is 2. The highest BCUT2D eigenvalue weighted by molar-refractivity contribution is 5.78. The normalized spacial score (nSPS) is 18.7. The van der Waals surface area contributed by atoms with E-state index in [9.17, 15) is 9.18 Å². The lowest BCUT2D eigenvalue weighted by Crippen LogP contribution is -2.44. The lowest BCUT2D eigenvalue weighted by Gasteiger charge is -2.37. The second kappa shape index (κ2) is 8.25. The van der Waals surface area contributed by atoms with Crippen LogP contribution in [0, 0.1) is 5.82 Å². The van der Waals surface area contributed by atoms with Crippen molar-refractivity contribution in [3.8, 4) is 0 Å². The molecule has 4 nitrogen and oxygen atoms in total. The van der Waals surface area contributed by atoms with Crippen molar-refractivity contribution in [1.82, 2.24) is 9.80 Å². The van der Waals surface area contributed by atoms with Gasteiger partial charge in [-0.2, -0.15) is 0 Å². The summed E-state index contributed by atoms with van der Waals surface area (Å²) < 4.78 is 18.1. The van der Waals surface area contributed by atoms with E-state index < -0.39 is 0 Å². The van der Waals surface area contributed by atoms with Crippen LogP contribution in [0.4, 0.5) is 4.39 Å². The molecule has 2 rings (SSSR count). The standard InChI is InChI=1S/C17H25FN2O2/c1-19(11-12-22-2)13-17(21)20-10-4-3-5-16(20)14-6-8-15(18)9-7-14/h6-9,16H,3-5,10-13H2,1-2H3/t16-/m0/s1. The molecule has 1 aromatic carbocycles. The largest absolute Gasteiger partial charge is 0.383 e. The topological polar surface area (TPSA) is 32.8 Å². The van der Waals surface area contributed by atoms with Gasteiger partial charge < -0.3 is 9.64 Å². The van der Waals surface area contributed by atoms with Gasteiger partial charge in [0.05, 0.1) is 19.2 Å². The van der Waals surface area contributed by atoms with Crippen molar-refractivity contribution in [1.29, 1.82) is 0 Å². The van der Waals surface area contributed by atoms with Gasteiger partial charge in [-0.15, -0.1) is 0 Å². The third-order valence-electron chi connectivity index (χ3n) is 4.16. The minimum atomic E-state index is -0.239. The monoisotopic (exact) mass is 308 g/mol. The Balaban J connectivity index is 2.02. The SMILES string of the molecule is COCCN(C)CC(=O)N1CCCC[C@H]1c1ccc(F)cc1.